The van der Waals surface area contributed by atoms with Crippen molar-refractivity contribution in [3.05, 3.63) is 12.4 Å². The van der Waals surface area contributed by atoms with Gasteiger partial charge in [-0.05, 0) is 12.8 Å². The van der Waals surface area contributed by atoms with E-state index in [0.717, 1.165) is 0 Å². The van der Waals surface area contributed by atoms with Gasteiger partial charge in [0.05, 0.1) is 11.7 Å². The van der Waals surface area contributed by atoms with Crippen LogP contribution in [0.25, 0.3) is 0 Å². The fourth-order valence-electron chi connectivity index (χ4n) is 1.76. The second-order valence-corrected chi connectivity index (χ2v) is 5.91. The van der Waals surface area contributed by atoms with E-state index in [1.165, 1.54) is 17.1 Å². The first-order valence-corrected chi connectivity index (χ1v) is 7.30. The normalized spacial score (nSPS) is 13.7. The van der Waals surface area contributed by atoms with Gasteiger partial charge in [-0.25, -0.2) is 8.42 Å². The molecule has 0 aliphatic heterocycles. The van der Waals surface area contributed by atoms with Gasteiger partial charge in [0.15, 0.2) is 5.84 Å². The van der Waals surface area contributed by atoms with Gasteiger partial charge in [-0.3, -0.25) is 4.68 Å². The molecule has 1 aromatic rings. The maximum absolute atomic E-state index is 12.2. The molecule has 1 aromatic heterocycles. The van der Waals surface area contributed by atoms with Gasteiger partial charge in [-0.2, -0.15) is 9.82 Å². The molecule has 0 amide bonds. The van der Waals surface area contributed by atoms with Crippen molar-refractivity contribution in [3.63, 3.8) is 0 Å². The van der Waals surface area contributed by atoms with Gasteiger partial charge < -0.3 is 10.9 Å². The molecule has 9 heteroatoms. The van der Waals surface area contributed by atoms with Crippen LogP contribution in [0, 0.1) is 0 Å². The quantitative estimate of drug-likeness (QED) is 0.294. The molecule has 4 N–H and O–H groups in total. The van der Waals surface area contributed by atoms with Crippen LogP contribution in [-0.4, -0.2) is 34.8 Å². The summed E-state index contributed by atoms with van der Waals surface area (Å²) in [6.45, 7) is 3.51. The van der Waals surface area contributed by atoms with Crippen LogP contribution in [0.4, 0.5) is 0 Å². The molecule has 0 saturated carbocycles. The summed E-state index contributed by atoms with van der Waals surface area (Å²) in [6, 6.07) is 0. The Bertz CT molecular complexity index is 559. The predicted molar refractivity (Wildman–Crippen MR) is 70.3 cm³/mol. The van der Waals surface area contributed by atoms with Gasteiger partial charge in [-0.1, -0.05) is 19.0 Å². The Balaban J connectivity index is 3.17. The fourth-order valence-corrected chi connectivity index (χ4v) is 3.26. The number of amidine groups is 1. The van der Waals surface area contributed by atoms with Gasteiger partial charge in [0, 0.05) is 13.2 Å². The molecule has 0 radical (unpaired) electrons. The first kappa shape index (κ1) is 15.4. The number of aromatic nitrogens is 2. The molecule has 1 heterocycles. The van der Waals surface area contributed by atoms with Gasteiger partial charge in [0.25, 0.3) is 0 Å². The number of nitrogens with one attached hydrogen (secondary N) is 1. The topological polar surface area (TPSA) is 123 Å². The van der Waals surface area contributed by atoms with Crippen molar-refractivity contribution in [2.24, 2.45) is 17.9 Å². The first-order valence-electron chi connectivity index (χ1n) is 5.82. The lowest BCUT2D eigenvalue weighted by Gasteiger charge is -2.30. The van der Waals surface area contributed by atoms with Crippen molar-refractivity contribution < 1.29 is 13.6 Å². The molecule has 0 saturated heterocycles. The molecule has 108 valence electrons. The van der Waals surface area contributed by atoms with Crippen LogP contribution < -0.4 is 10.5 Å². The van der Waals surface area contributed by atoms with Crippen LogP contribution in [-0.2, 0) is 17.1 Å². The van der Waals surface area contributed by atoms with E-state index in [4.69, 9.17) is 10.9 Å². The standard InChI is InChI=1S/C10H19N5O3S/c1-4-10(5-2,9(11)13-16)14-19(17,18)8-6-12-15(3)7-8/h6-7,14,16H,4-5H2,1-3H3,(H2,11,13). The van der Waals surface area contributed by atoms with E-state index in [-0.39, 0.29) is 10.7 Å². The van der Waals surface area contributed by atoms with Crippen molar-refractivity contribution in [2.75, 3.05) is 0 Å². The van der Waals surface area contributed by atoms with E-state index >= 15 is 0 Å². The smallest absolute Gasteiger partial charge is 0.244 e. The number of hydrogen-bond donors (Lipinski definition) is 3. The lowest BCUT2D eigenvalue weighted by molar-refractivity contribution is 0.307. The lowest BCUT2D eigenvalue weighted by Crippen LogP contribution is -2.56. The van der Waals surface area contributed by atoms with Crippen LogP contribution in [0.5, 0.6) is 0 Å². The summed E-state index contributed by atoms with van der Waals surface area (Å²) in [7, 11) is -2.16. The zero-order valence-electron chi connectivity index (χ0n) is 11.2. The summed E-state index contributed by atoms with van der Waals surface area (Å²) in [4.78, 5) is 0.0343. The van der Waals surface area contributed by atoms with E-state index in [1.54, 1.807) is 20.9 Å². The van der Waals surface area contributed by atoms with E-state index in [0.29, 0.717) is 12.8 Å². The molecule has 0 aromatic carbocycles. The van der Waals surface area contributed by atoms with E-state index in [1.807, 2.05) is 0 Å². The maximum Gasteiger partial charge on any atom is 0.244 e. The zero-order valence-corrected chi connectivity index (χ0v) is 12.0. The molecule has 19 heavy (non-hydrogen) atoms. The predicted octanol–water partition coefficient (Wildman–Crippen LogP) is 0.00360. The number of rotatable bonds is 6. The summed E-state index contributed by atoms with van der Waals surface area (Å²) in [5, 5.41) is 15.6. The fraction of sp³-hybridized carbons (Fsp3) is 0.600. The minimum atomic E-state index is -3.78. The van der Waals surface area contributed by atoms with E-state index < -0.39 is 15.6 Å². The minimum Gasteiger partial charge on any atom is -0.409 e. The SMILES string of the molecule is CCC(CC)(NS(=O)(=O)c1cnn(C)c1)C(N)=NO. The number of nitrogens with zero attached hydrogens (tertiary/aromatic N) is 3. The van der Waals surface area contributed by atoms with Gasteiger partial charge >= 0.3 is 0 Å². The third-order valence-electron chi connectivity index (χ3n) is 3.13. The van der Waals surface area contributed by atoms with Crippen molar-refractivity contribution in [2.45, 2.75) is 37.1 Å². The van der Waals surface area contributed by atoms with Crippen LogP contribution >= 0.6 is 0 Å². The number of aryl methyl sites for hydroxylation is 1. The minimum absolute atomic E-state index is 0.0343. The molecular weight excluding hydrogens is 270 g/mol. The van der Waals surface area contributed by atoms with E-state index in [2.05, 4.69) is 15.0 Å². The Morgan fingerprint density at radius 3 is 2.53 bits per heavy atom. The summed E-state index contributed by atoms with van der Waals surface area (Å²) < 4.78 is 28.4. The number of sulfonamides is 1. The van der Waals surface area contributed by atoms with Crippen LogP contribution in [0.2, 0.25) is 0 Å². The summed E-state index contributed by atoms with van der Waals surface area (Å²) in [5.74, 6) is -0.162. The average Bonchev–Trinajstić information content (AvgIpc) is 2.82. The molecule has 8 nitrogen and oxygen atoms in total. The second kappa shape index (κ2) is 5.57. The third kappa shape index (κ3) is 3.04. The molecule has 1 rings (SSSR count). The number of oxime groups is 1. The molecule has 0 atom stereocenters. The summed E-state index contributed by atoms with van der Waals surface area (Å²) in [5.41, 5.74) is 4.51. The first-order chi connectivity index (χ1) is 8.81. The van der Waals surface area contributed by atoms with Crippen LogP contribution in [0.1, 0.15) is 26.7 Å². The molecule has 0 fully saturated rings. The lowest BCUT2D eigenvalue weighted by atomic mass is 9.93. The van der Waals surface area contributed by atoms with Crippen LogP contribution in [0.15, 0.2) is 22.4 Å². The molecule has 0 aliphatic carbocycles. The largest absolute Gasteiger partial charge is 0.409 e. The van der Waals surface area contributed by atoms with E-state index in [9.17, 15) is 8.42 Å². The molecular formula is C10H19N5O3S. The van der Waals surface area contributed by atoms with Crippen molar-refractivity contribution >= 4 is 15.9 Å². The Morgan fingerprint density at radius 1 is 1.58 bits per heavy atom. The number of hydrogen-bond acceptors (Lipinski definition) is 5. The highest BCUT2D eigenvalue weighted by Gasteiger charge is 2.36. The van der Waals surface area contributed by atoms with Crippen LogP contribution in [0.3, 0.4) is 0 Å². The monoisotopic (exact) mass is 289 g/mol. The highest BCUT2D eigenvalue weighted by Crippen LogP contribution is 2.19. The molecule has 0 bridgehead atoms. The Hall–Kier alpha value is -1.61. The average molecular weight is 289 g/mol. The Morgan fingerprint density at radius 2 is 2.16 bits per heavy atom. The maximum atomic E-state index is 12.2. The van der Waals surface area contributed by atoms with Crippen molar-refractivity contribution in [1.29, 1.82) is 0 Å². The molecule has 0 unspecified atom stereocenters. The third-order valence-corrected chi connectivity index (χ3v) is 4.62. The molecule has 0 spiro atoms. The highest BCUT2D eigenvalue weighted by atomic mass is 32.2. The Kier molecular flexibility index (Phi) is 4.53. The van der Waals surface area contributed by atoms with Crippen molar-refractivity contribution in [1.82, 2.24) is 14.5 Å². The van der Waals surface area contributed by atoms with Gasteiger partial charge in [-0.15, -0.1) is 0 Å². The number of nitrogens with two attached hydrogens (primary N) is 1. The molecule has 0 aliphatic rings. The summed E-state index contributed by atoms with van der Waals surface area (Å²) >= 11 is 0. The van der Waals surface area contributed by atoms with Crippen molar-refractivity contribution in [3.8, 4) is 0 Å². The Labute approximate surface area is 112 Å². The zero-order chi connectivity index (χ0) is 14.7. The van der Waals surface area contributed by atoms with Gasteiger partial charge in [0.1, 0.15) is 4.90 Å². The summed E-state index contributed by atoms with van der Waals surface area (Å²) in [6.07, 6.45) is 3.34. The van der Waals surface area contributed by atoms with Gasteiger partial charge in [0.2, 0.25) is 10.0 Å². The highest BCUT2D eigenvalue weighted by molar-refractivity contribution is 7.89. The second-order valence-electron chi connectivity index (χ2n) is 4.23.